The topological polar surface area (TPSA) is 66.8 Å². The van der Waals surface area contributed by atoms with E-state index in [1.54, 1.807) is 0 Å². The van der Waals surface area contributed by atoms with Crippen molar-refractivity contribution < 1.29 is 19.4 Å². The summed E-state index contributed by atoms with van der Waals surface area (Å²) in [6.07, 6.45) is -0.136. The van der Waals surface area contributed by atoms with Gasteiger partial charge in [0.1, 0.15) is 13.2 Å². The van der Waals surface area contributed by atoms with Crippen molar-refractivity contribution in [1.82, 2.24) is 4.90 Å². The molecule has 5 nitrogen and oxygen atoms in total. The molecule has 1 heterocycles. The second kappa shape index (κ2) is 4.97. The molecule has 1 fully saturated rings. The van der Waals surface area contributed by atoms with Crippen molar-refractivity contribution in [3.8, 4) is 0 Å². The summed E-state index contributed by atoms with van der Waals surface area (Å²) in [5, 5.41) is 8.80. The number of aliphatic hydroxyl groups is 1. The van der Waals surface area contributed by atoms with Gasteiger partial charge in [0.25, 0.3) is 5.91 Å². The van der Waals surface area contributed by atoms with Crippen molar-refractivity contribution in [3.63, 3.8) is 0 Å². The molecule has 2 amide bonds. The lowest BCUT2D eigenvalue weighted by Crippen LogP contribution is -2.41. The molecule has 1 aliphatic heterocycles. The Kier molecular flexibility index (Phi) is 3.39. The van der Waals surface area contributed by atoms with Crippen LogP contribution in [0.3, 0.4) is 0 Å². The number of aliphatic hydroxyl groups excluding tert-OH is 1. The van der Waals surface area contributed by atoms with Gasteiger partial charge in [-0.1, -0.05) is 30.3 Å². The maximum atomic E-state index is 11.4. The molecule has 0 saturated carbocycles. The zero-order chi connectivity index (χ0) is 12.3. The maximum absolute atomic E-state index is 11.4. The summed E-state index contributed by atoms with van der Waals surface area (Å²) in [5.41, 5.74) is 1.02. The average Bonchev–Trinajstić information content (AvgIpc) is 2.71. The van der Waals surface area contributed by atoms with Gasteiger partial charge in [0, 0.05) is 0 Å². The highest BCUT2D eigenvalue weighted by Gasteiger charge is 2.37. The van der Waals surface area contributed by atoms with Crippen molar-refractivity contribution in [2.24, 2.45) is 0 Å². The molecule has 1 aromatic rings. The lowest BCUT2D eigenvalue weighted by molar-refractivity contribution is -0.132. The Hall–Kier alpha value is -1.88. The summed E-state index contributed by atoms with van der Waals surface area (Å²) in [6.45, 7) is -0.500. The second-order valence-corrected chi connectivity index (χ2v) is 3.84. The largest absolute Gasteiger partial charge is 0.447 e. The lowest BCUT2D eigenvalue weighted by Gasteiger charge is -2.18. The number of ether oxygens (including phenoxy) is 1. The van der Waals surface area contributed by atoms with Gasteiger partial charge in [-0.15, -0.1) is 0 Å². The molecule has 1 aliphatic rings. The number of carbonyl (C=O) groups is 2. The van der Waals surface area contributed by atoms with Crippen LogP contribution in [-0.2, 0) is 16.0 Å². The number of cyclic esters (lactones) is 1. The highest BCUT2D eigenvalue weighted by atomic mass is 16.6. The molecular formula is C12H13NO4. The van der Waals surface area contributed by atoms with Crippen LogP contribution < -0.4 is 0 Å². The number of hydrogen-bond donors (Lipinski definition) is 1. The third-order valence-electron chi connectivity index (χ3n) is 2.68. The third-order valence-corrected chi connectivity index (χ3v) is 2.68. The summed E-state index contributed by atoms with van der Waals surface area (Å²) < 4.78 is 4.83. The maximum Gasteiger partial charge on any atom is 0.417 e. The smallest absolute Gasteiger partial charge is 0.417 e. The van der Waals surface area contributed by atoms with Gasteiger partial charge in [0.2, 0.25) is 0 Å². The van der Waals surface area contributed by atoms with Crippen LogP contribution in [0, 0.1) is 0 Å². The Morgan fingerprint density at radius 3 is 2.76 bits per heavy atom. The van der Waals surface area contributed by atoms with Crippen molar-refractivity contribution in [2.75, 3.05) is 13.2 Å². The minimum absolute atomic E-state index is 0.180. The van der Waals surface area contributed by atoms with Crippen molar-refractivity contribution in [1.29, 1.82) is 0 Å². The molecule has 1 atom stereocenters. The first-order valence-corrected chi connectivity index (χ1v) is 5.36. The molecule has 0 radical (unpaired) electrons. The van der Waals surface area contributed by atoms with E-state index in [-0.39, 0.29) is 12.6 Å². The minimum atomic E-state index is -0.680. The van der Waals surface area contributed by atoms with Gasteiger partial charge >= 0.3 is 6.09 Å². The standard InChI is InChI=1S/C12H13NO4/c14-7-11(15)13-10(8-17-12(13)16)6-9-4-2-1-3-5-9/h1-5,10,14H,6-8H2/t10-/m0/s1. The minimum Gasteiger partial charge on any atom is -0.447 e. The van der Waals surface area contributed by atoms with Crippen LogP contribution >= 0.6 is 0 Å². The first kappa shape index (κ1) is 11.6. The Morgan fingerprint density at radius 1 is 1.41 bits per heavy atom. The summed E-state index contributed by atoms with van der Waals surface area (Å²) in [5.74, 6) is -0.617. The molecular weight excluding hydrogens is 222 g/mol. The highest BCUT2D eigenvalue weighted by molar-refractivity contribution is 5.94. The van der Waals surface area contributed by atoms with Crippen LogP contribution in [-0.4, -0.2) is 41.3 Å². The van der Waals surface area contributed by atoms with Crippen molar-refractivity contribution in [2.45, 2.75) is 12.5 Å². The summed E-state index contributed by atoms with van der Waals surface area (Å²) in [4.78, 5) is 23.7. The van der Waals surface area contributed by atoms with Gasteiger partial charge in [-0.2, -0.15) is 0 Å². The van der Waals surface area contributed by atoms with E-state index in [1.807, 2.05) is 30.3 Å². The number of nitrogens with zero attached hydrogens (tertiary/aromatic N) is 1. The Labute approximate surface area is 98.6 Å². The molecule has 0 bridgehead atoms. The van der Waals surface area contributed by atoms with Crippen molar-refractivity contribution in [3.05, 3.63) is 35.9 Å². The monoisotopic (exact) mass is 235 g/mol. The molecule has 0 aliphatic carbocycles. The van der Waals surface area contributed by atoms with Crippen LogP contribution in [0.5, 0.6) is 0 Å². The van der Waals surface area contributed by atoms with Gasteiger partial charge in [-0.05, 0) is 12.0 Å². The van der Waals surface area contributed by atoms with Gasteiger partial charge in [0.15, 0.2) is 0 Å². The van der Waals surface area contributed by atoms with E-state index in [0.29, 0.717) is 6.42 Å². The second-order valence-electron chi connectivity index (χ2n) is 3.84. The predicted octanol–water partition coefficient (Wildman–Crippen LogP) is 0.569. The Morgan fingerprint density at radius 2 is 2.12 bits per heavy atom. The zero-order valence-corrected chi connectivity index (χ0v) is 9.20. The van der Waals surface area contributed by atoms with Crippen molar-refractivity contribution >= 4 is 12.0 Å². The van der Waals surface area contributed by atoms with Crippen LogP contribution in [0.2, 0.25) is 0 Å². The quantitative estimate of drug-likeness (QED) is 0.831. The molecule has 2 rings (SSSR count). The normalized spacial score (nSPS) is 19.2. The zero-order valence-electron chi connectivity index (χ0n) is 9.20. The lowest BCUT2D eigenvalue weighted by atomic mass is 10.1. The average molecular weight is 235 g/mol. The van der Waals surface area contributed by atoms with E-state index in [2.05, 4.69) is 0 Å². The Balaban J connectivity index is 2.10. The van der Waals surface area contributed by atoms with Crippen LogP contribution in [0.1, 0.15) is 5.56 Å². The third kappa shape index (κ3) is 2.45. The van der Waals surface area contributed by atoms with Gasteiger partial charge < -0.3 is 9.84 Å². The highest BCUT2D eigenvalue weighted by Crippen LogP contribution is 2.17. The number of imide groups is 1. The van der Waals surface area contributed by atoms with E-state index < -0.39 is 18.6 Å². The van der Waals surface area contributed by atoms with E-state index >= 15 is 0 Å². The molecule has 17 heavy (non-hydrogen) atoms. The fourth-order valence-corrected chi connectivity index (χ4v) is 1.88. The van der Waals surface area contributed by atoms with E-state index in [0.717, 1.165) is 10.5 Å². The molecule has 90 valence electrons. The van der Waals surface area contributed by atoms with Crippen LogP contribution in [0.25, 0.3) is 0 Å². The number of hydrogen-bond acceptors (Lipinski definition) is 4. The molecule has 0 spiro atoms. The number of benzene rings is 1. The summed E-state index contributed by atoms with van der Waals surface area (Å²) in [6, 6.07) is 9.20. The summed E-state index contributed by atoms with van der Waals surface area (Å²) >= 11 is 0. The molecule has 1 N–H and O–H groups in total. The van der Waals surface area contributed by atoms with E-state index in [4.69, 9.17) is 9.84 Å². The first-order chi connectivity index (χ1) is 8.22. The fraction of sp³-hybridized carbons (Fsp3) is 0.333. The van der Waals surface area contributed by atoms with E-state index in [9.17, 15) is 9.59 Å². The van der Waals surface area contributed by atoms with Crippen LogP contribution in [0.4, 0.5) is 4.79 Å². The van der Waals surface area contributed by atoms with Gasteiger partial charge in [0.05, 0.1) is 6.04 Å². The Bertz CT molecular complexity index is 418. The molecule has 5 heteroatoms. The van der Waals surface area contributed by atoms with E-state index in [1.165, 1.54) is 0 Å². The SMILES string of the molecule is O=C(CO)N1C(=O)OC[C@@H]1Cc1ccccc1. The first-order valence-electron chi connectivity index (χ1n) is 5.36. The molecule has 0 unspecified atom stereocenters. The molecule has 1 saturated heterocycles. The molecule has 0 aromatic heterocycles. The van der Waals surface area contributed by atoms with Crippen LogP contribution in [0.15, 0.2) is 30.3 Å². The predicted molar refractivity (Wildman–Crippen MR) is 59.2 cm³/mol. The fourth-order valence-electron chi connectivity index (χ4n) is 1.88. The number of carbonyl (C=O) groups excluding carboxylic acids is 2. The molecule has 1 aromatic carbocycles. The van der Waals surface area contributed by atoms with Gasteiger partial charge in [-0.3, -0.25) is 4.79 Å². The van der Waals surface area contributed by atoms with Gasteiger partial charge in [-0.25, -0.2) is 9.69 Å². The number of rotatable bonds is 3. The summed E-state index contributed by atoms with van der Waals surface area (Å²) in [7, 11) is 0. The number of amides is 2.